The smallest absolute Gasteiger partial charge is 0.303 e. The molecule has 1 aliphatic heterocycles. The summed E-state index contributed by atoms with van der Waals surface area (Å²) in [7, 11) is 0. The van der Waals surface area contributed by atoms with E-state index in [0.29, 0.717) is 11.3 Å². The summed E-state index contributed by atoms with van der Waals surface area (Å²) in [6.45, 7) is 1.61. The van der Waals surface area contributed by atoms with E-state index in [1.807, 2.05) is 0 Å². The van der Waals surface area contributed by atoms with Crippen molar-refractivity contribution in [2.45, 2.75) is 25.6 Å². The molecule has 74 valence electrons. The standard InChI is InChI=1S/C7H12N2O4/c1-4-5(2-3-6(10)11)7(8,12)9-13-4/h9,12H,2-3,8H2,1H3,(H,10,11). The molecule has 0 bridgehead atoms. The lowest BCUT2D eigenvalue weighted by Crippen LogP contribution is -2.50. The first-order valence-electron chi connectivity index (χ1n) is 3.81. The highest BCUT2D eigenvalue weighted by molar-refractivity contribution is 5.67. The van der Waals surface area contributed by atoms with Gasteiger partial charge in [0.1, 0.15) is 5.76 Å². The van der Waals surface area contributed by atoms with E-state index in [2.05, 4.69) is 5.48 Å². The van der Waals surface area contributed by atoms with Gasteiger partial charge in [0, 0.05) is 12.0 Å². The quantitative estimate of drug-likeness (QED) is 0.435. The Morgan fingerprint density at radius 1 is 1.77 bits per heavy atom. The summed E-state index contributed by atoms with van der Waals surface area (Å²) < 4.78 is 0. The van der Waals surface area contributed by atoms with Crippen LogP contribution in [0.5, 0.6) is 0 Å². The van der Waals surface area contributed by atoms with Gasteiger partial charge >= 0.3 is 5.97 Å². The number of allylic oxidation sites excluding steroid dienone is 1. The van der Waals surface area contributed by atoms with Gasteiger partial charge in [-0.3, -0.25) is 10.5 Å². The van der Waals surface area contributed by atoms with Crippen LogP contribution in [0.4, 0.5) is 0 Å². The van der Waals surface area contributed by atoms with Crippen LogP contribution in [0.3, 0.4) is 0 Å². The average Bonchev–Trinajstić information content (AvgIpc) is 2.23. The third-order valence-electron chi connectivity index (χ3n) is 1.83. The summed E-state index contributed by atoms with van der Waals surface area (Å²) in [6, 6.07) is 0. The Balaban J connectivity index is 2.66. The number of hydrogen-bond donors (Lipinski definition) is 4. The van der Waals surface area contributed by atoms with E-state index in [0.717, 1.165) is 0 Å². The number of carboxylic acids is 1. The van der Waals surface area contributed by atoms with Gasteiger partial charge in [-0.15, -0.1) is 5.48 Å². The lowest BCUT2D eigenvalue weighted by atomic mass is 10.1. The summed E-state index contributed by atoms with van der Waals surface area (Å²) in [4.78, 5) is 15.0. The van der Waals surface area contributed by atoms with Crippen LogP contribution >= 0.6 is 0 Å². The third kappa shape index (κ3) is 2.18. The molecular formula is C7H12N2O4. The maximum Gasteiger partial charge on any atom is 0.303 e. The molecule has 0 aliphatic carbocycles. The normalized spacial score (nSPS) is 27.6. The minimum absolute atomic E-state index is 0.0861. The van der Waals surface area contributed by atoms with Crippen molar-refractivity contribution in [1.82, 2.24) is 5.48 Å². The summed E-state index contributed by atoms with van der Waals surface area (Å²) in [5.41, 5.74) is 7.92. The second kappa shape index (κ2) is 3.33. The first kappa shape index (κ1) is 9.97. The summed E-state index contributed by atoms with van der Waals surface area (Å²) in [5.74, 6) is -2.26. The van der Waals surface area contributed by atoms with Crippen molar-refractivity contribution in [1.29, 1.82) is 0 Å². The molecule has 0 fully saturated rings. The average molecular weight is 188 g/mol. The second-order valence-electron chi connectivity index (χ2n) is 2.90. The Labute approximate surface area is 74.9 Å². The molecule has 0 aromatic carbocycles. The minimum atomic E-state index is -1.74. The Morgan fingerprint density at radius 2 is 2.38 bits per heavy atom. The van der Waals surface area contributed by atoms with Crippen LogP contribution in [-0.4, -0.2) is 22.0 Å². The van der Waals surface area contributed by atoms with Crippen molar-refractivity contribution < 1.29 is 19.8 Å². The highest BCUT2D eigenvalue weighted by atomic mass is 16.7. The molecule has 1 unspecified atom stereocenters. The molecule has 6 nitrogen and oxygen atoms in total. The van der Waals surface area contributed by atoms with Gasteiger partial charge < -0.3 is 15.1 Å². The van der Waals surface area contributed by atoms with E-state index >= 15 is 0 Å². The van der Waals surface area contributed by atoms with Gasteiger partial charge in [-0.1, -0.05) is 0 Å². The number of aliphatic hydroxyl groups is 1. The lowest BCUT2D eigenvalue weighted by molar-refractivity contribution is -0.137. The summed E-state index contributed by atoms with van der Waals surface area (Å²) >= 11 is 0. The van der Waals surface area contributed by atoms with Gasteiger partial charge in [0.05, 0.1) is 0 Å². The molecule has 5 N–H and O–H groups in total. The molecule has 0 amide bonds. The van der Waals surface area contributed by atoms with Gasteiger partial charge in [-0.25, -0.2) is 0 Å². The Morgan fingerprint density at radius 3 is 2.77 bits per heavy atom. The first-order valence-corrected chi connectivity index (χ1v) is 3.81. The van der Waals surface area contributed by atoms with Crippen molar-refractivity contribution in [3.63, 3.8) is 0 Å². The highest BCUT2D eigenvalue weighted by Gasteiger charge is 2.35. The predicted octanol–water partition coefficient (Wildman–Crippen LogP) is -0.735. The van der Waals surface area contributed by atoms with Crippen LogP contribution < -0.4 is 11.2 Å². The van der Waals surface area contributed by atoms with E-state index < -0.39 is 11.8 Å². The molecule has 0 radical (unpaired) electrons. The van der Waals surface area contributed by atoms with Crippen LogP contribution in [0.15, 0.2) is 11.3 Å². The monoisotopic (exact) mass is 188 g/mol. The zero-order chi connectivity index (χ0) is 10.1. The number of hydroxylamine groups is 1. The second-order valence-corrected chi connectivity index (χ2v) is 2.90. The molecule has 1 atom stereocenters. The van der Waals surface area contributed by atoms with E-state index in [1.165, 1.54) is 0 Å². The highest BCUT2D eigenvalue weighted by Crippen LogP contribution is 2.24. The number of hydrogen-bond acceptors (Lipinski definition) is 5. The van der Waals surface area contributed by atoms with Crippen molar-refractivity contribution in [2.24, 2.45) is 5.73 Å². The Bertz CT molecular complexity index is 259. The van der Waals surface area contributed by atoms with Crippen molar-refractivity contribution in [3.05, 3.63) is 11.3 Å². The van der Waals surface area contributed by atoms with Crippen LogP contribution in [-0.2, 0) is 9.63 Å². The topological polar surface area (TPSA) is 105 Å². The van der Waals surface area contributed by atoms with Crippen LogP contribution in [0, 0.1) is 0 Å². The van der Waals surface area contributed by atoms with E-state index in [9.17, 15) is 9.90 Å². The van der Waals surface area contributed by atoms with Gasteiger partial charge in [0.25, 0.3) is 0 Å². The SMILES string of the molecule is CC1=C(CCC(=O)O)C(N)(O)NO1. The zero-order valence-electron chi connectivity index (χ0n) is 7.20. The summed E-state index contributed by atoms with van der Waals surface area (Å²) in [5, 5.41) is 17.9. The molecule has 0 aromatic rings. The predicted molar refractivity (Wildman–Crippen MR) is 42.9 cm³/mol. The molecule has 0 saturated carbocycles. The van der Waals surface area contributed by atoms with Gasteiger partial charge in [-0.2, -0.15) is 0 Å². The molecule has 0 saturated heterocycles. The number of carboxylic acid groups (broad SMARTS) is 1. The molecule has 0 aromatic heterocycles. The van der Waals surface area contributed by atoms with Gasteiger partial charge in [0.2, 0.25) is 5.85 Å². The Kier molecular flexibility index (Phi) is 2.55. The van der Waals surface area contributed by atoms with E-state index in [-0.39, 0.29) is 12.8 Å². The number of carbonyl (C=O) groups is 1. The van der Waals surface area contributed by atoms with Crippen molar-refractivity contribution in [3.8, 4) is 0 Å². The van der Waals surface area contributed by atoms with Gasteiger partial charge in [-0.05, 0) is 13.3 Å². The summed E-state index contributed by atoms with van der Waals surface area (Å²) in [6.07, 6.45) is 0.0817. The van der Waals surface area contributed by atoms with Gasteiger partial charge in [0.15, 0.2) is 0 Å². The van der Waals surface area contributed by atoms with E-state index in [4.69, 9.17) is 15.7 Å². The third-order valence-corrected chi connectivity index (χ3v) is 1.83. The zero-order valence-corrected chi connectivity index (χ0v) is 7.20. The molecular weight excluding hydrogens is 176 g/mol. The molecule has 1 aliphatic rings. The largest absolute Gasteiger partial charge is 0.481 e. The van der Waals surface area contributed by atoms with Crippen LogP contribution in [0.1, 0.15) is 19.8 Å². The number of aliphatic carboxylic acids is 1. The molecule has 0 spiro atoms. The fraction of sp³-hybridized carbons (Fsp3) is 0.571. The maximum atomic E-state index is 10.3. The molecule has 1 rings (SSSR count). The minimum Gasteiger partial charge on any atom is -0.481 e. The van der Waals surface area contributed by atoms with Crippen molar-refractivity contribution >= 4 is 5.97 Å². The number of nitrogens with one attached hydrogen (secondary N) is 1. The fourth-order valence-corrected chi connectivity index (χ4v) is 1.14. The Hall–Kier alpha value is -1.11. The molecule has 6 heteroatoms. The fourth-order valence-electron chi connectivity index (χ4n) is 1.14. The number of nitrogens with two attached hydrogens (primary N) is 1. The van der Waals surface area contributed by atoms with Crippen LogP contribution in [0.2, 0.25) is 0 Å². The van der Waals surface area contributed by atoms with Crippen LogP contribution in [0.25, 0.3) is 0 Å². The van der Waals surface area contributed by atoms with E-state index in [1.54, 1.807) is 6.92 Å². The lowest BCUT2D eigenvalue weighted by Gasteiger charge is -2.17. The molecule has 1 heterocycles. The number of rotatable bonds is 3. The van der Waals surface area contributed by atoms with Crippen molar-refractivity contribution in [2.75, 3.05) is 0 Å². The molecule has 13 heavy (non-hydrogen) atoms. The maximum absolute atomic E-state index is 10.3. The first-order chi connectivity index (χ1) is 5.93.